The third-order valence-corrected chi connectivity index (χ3v) is 7.21. The molecule has 7 nitrogen and oxygen atoms in total. The van der Waals surface area contributed by atoms with Gasteiger partial charge in [-0.05, 0) is 73.3 Å². The van der Waals surface area contributed by atoms with Crippen molar-refractivity contribution >= 4 is 40.6 Å². The zero-order chi connectivity index (χ0) is 24.2. The first-order chi connectivity index (χ1) is 16.3. The van der Waals surface area contributed by atoms with Crippen LogP contribution in [0.3, 0.4) is 0 Å². The van der Waals surface area contributed by atoms with E-state index in [0.29, 0.717) is 26.8 Å². The van der Waals surface area contributed by atoms with Gasteiger partial charge in [-0.3, -0.25) is 9.59 Å². The van der Waals surface area contributed by atoms with Crippen molar-refractivity contribution in [1.29, 1.82) is 0 Å². The first-order valence-corrected chi connectivity index (χ1v) is 12.2. The van der Waals surface area contributed by atoms with Gasteiger partial charge in [0.25, 0.3) is 11.8 Å². The monoisotopic (exact) mass is 501 g/mol. The van der Waals surface area contributed by atoms with Gasteiger partial charge < -0.3 is 16.0 Å². The number of anilines is 1. The van der Waals surface area contributed by atoms with Gasteiger partial charge in [0.2, 0.25) is 0 Å². The number of carbonyl (C=O) groups excluding carboxylic acids is 2. The third kappa shape index (κ3) is 5.43. The Hall–Kier alpha value is -2.88. The Kier molecular flexibility index (Phi) is 7.55. The molecule has 1 aromatic heterocycles. The number of nitrogens with zero attached hydrogens (tertiary/aromatic N) is 3. The summed E-state index contributed by atoms with van der Waals surface area (Å²) >= 11 is 7.51. The van der Waals surface area contributed by atoms with Gasteiger partial charge >= 0.3 is 0 Å². The van der Waals surface area contributed by atoms with Crippen LogP contribution in [-0.4, -0.2) is 38.4 Å². The van der Waals surface area contributed by atoms with Crippen LogP contribution in [0.5, 0.6) is 0 Å². The van der Waals surface area contributed by atoms with Crippen LogP contribution in [0, 0.1) is 12.7 Å². The normalized spacial score (nSPS) is 17.9. The minimum absolute atomic E-state index is 0.178. The maximum Gasteiger partial charge on any atom is 0.269 e. The summed E-state index contributed by atoms with van der Waals surface area (Å²) in [5.41, 5.74) is 8.40. The summed E-state index contributed by atoms with van der Waals surface area (Å²) < 4.78 is 17.7. The molecule has 2 unspecified atom stereocenters. The molecule has 34 heavy (non-hydrogen) atoms. The van der Waals surface area contributed by atoms with Crippen molar-refractivity contribution in [3.05, 3.63) is 75.0 Å². The predicted molar refractivity (Wildman–Crippen MR) is 131 cm³/mol. The number of carbonyl (C=O) groups is 2. The van der Waals surface area contributed by atoms with E-state index in [0.717, 1.165) is 37.2 Å². The topological polar surface area (TPSA) is 101 Å². The van der Waals surface area contributed by atoms with Crippen molar-refractivity contribution in [2.75, 3.05) is 5.32 Å². The fourth-order valence-corrected chi connectivity index (χ4v) is 4.97. The number of nitrogens with two attached hydrogens (primary N) is 1. The SMILES string of the molecule is Cc1nnsc1C(=O)Nc1ccc(Cl)c(CN(C(=O)c2cccc(F)c2)C2CCCCC2N)c1. The summed E-state index contributed by atoms with van der Waals surface area (Å²) in [6.45, 7) is 1.90. The Morgan fingerprint density at radius 3 is 2.74 bits per heavy atom. The molecule has 2 amide bonds. The molecule has 2 aromatic carbocycles. The molecule has 0 aliphatic heterocycles. The summed E-state index contributed by atoms with van der Waals surface area (Å²) in [5.74, 6) is -1.10. The van der Waals surface area contributed by atoms with Gasteiger partial charge in [0.15, 0.2) is 0 Å². The van der Waals surface area contributed by atoms with E-state index in [2.05, 4.69) is 14.9 Å². The predicted octanol–water partition coefficient (Wildman–Crippen LogP) is 4.80. The lowest BCUT2D eigenvalue weighted by molar-refractivity contribution is 0.0583. The summed E-state index contributed by atoms with van der Waals surface area (Å²) in [7, 11) is 0. The second kappa shape index (κ2) is 10.6. The van der Waals surface area contributed by atoms with E-state index in [-0.39, 0.29) is 36.0 Å². The van der Waals surface area contributed by atoms with Crippen molar-refractivity contribution in [3.63, 3.8) is 0 Å². The Morgan fingerprint density at radius 1 is 1.24 bits per heavy atom. The van der Waals surface area contributed by atoms with Crippen LogP contribution in [0.4, 0.5) is 10.1 Å². The van der Waals surface area contributed by atoms with Gasteiger partial charge in [0.1, 0.15) is 10.7 Å². The Bertz CT molecular complexity index is 1200. The molecule has 1 aliphatic rings. The highest BCUT2D eigenvalue weighted by Crippen LogP contribution is 2.29. The van der Waals surface area contributed by atoms with Crippen molar-refractivity contribution in [2.45, 2.75) is 51.2 Å². The zero-order valence-electron chi connectivity index (χ0n) is 18.6. The largest absolute Gasteiger partial charge is 0.330 e. The maximum absolute atomic E-state index is 13.9. The van der Waals surface area contributed by atoms with E-state index in [4.69, 9.17) is 17.3 Å². The lowest BCUT2D eigenvalue weighted by atomic mass is 9.89. The highest BCUT2D eigenvalue weighted by molar-refractivity contribution is 7.08. The molecule has 1 heterocycles. The molecular weight excluding hydrogens is 477 g/mol. The zero-order valence-corrected chi connectivity index (χ0v) is 20.2. The fraction of sp³-hybridized carbons (Fsp3) is 0.333. The van der Waals surface area contributed by atoms with Gasteiger partial charge in [0, 0.05) is 34.9 Å². The Morgan fingerprint density at radius 2 is 2.03 bits per heavy atom. The summed E-state index contributed by atoms with van der Waals surface area (Å²) in [5, 5.41) is 7.16. The van der Waals surface area contributed by atoms with E-state index in [1.54, 1.807) is 36.1 Å². The number of benzene rings is 2. The Balaban J connectivity index is 1.62. The number of aromatic nitrogens is 2. The van der Waals surface area contributed by atoms with Crippen molar-refractivity contribution < 1.29 is 14.0 Å². The molecule has 1 fully saturated rings. The van der Waals surface area contributed by atoms with Crippen molar-refractivity contribution in [2.24, 2.45) is 5.73 Å². The molecule has 178 valence electrons. The standard InChI is InChI=1S/C24H25ClFN5O2S/c1-14-22(34-30-29-14)23(32)28-18-9-10-19(25)16(12-18)13-31(21-8-3-2-7-20(21)27)24(33)15-5-4-6-17(26)11-15/h4-6,9-12,20-21H,2-3,7-8,13,27H2,1H3,(H,28,32). The molecule has 1 saturated carbocycles. The van der Waals surface area contributed by atoms with E-state index >= 15 is 0 Å². The van der Waals surface area contributed by atoms with E-state index in [1.807, 2.05) is 0 Å². The van der Waals surface area contributed by atoms with Crippen molar-refractivity contribution in [1.82, 2.24) is 14.5 Å². The number of aryl methyl sites for hydroxylation is 1. The molecular formula is C24H25ClFN5O2S. The lowest BCUT2D eigenvalue weighted by Crippen LogP contribution is -2.51. The van der Waals surface area contributed by atoms with E-state index < -0.39 is 5.82 Å². The summed E-state index contributed by atoms with van der Waals surface area (Å²) in [6.07, 6.45) is 3.53. The highest BCUT2D eigenvalue weighted by atomic mass is 35.5. The molecule has 3 N–H and O–H groups in total. The number of hydrogen-bond acceptors (Lipinski definition) is 6. The molecule has 2 atom stereocenters. The van der Waals surface area contributed by atoms with E-state index in [9.17, 15) is 14.0 Å². The van der Waals surface area contributed by atoms with Crippen LogP contribution in [0.25, 0.3) is 0 Å². The van der Waals surface area contributed by atoms with Gasteiger partial charge in [-0.2, -0.15) is 0 Å². The molecule has 1 aliphatic carbocycles. The second-order valence-corrected chi connectivity index (χ2v) is 9.57. The molecule has 3 aromatic rings. The number of amides is 2. The number of nitrogens with one attached hydrogen (secondary N) is 1. The van der Waals surface area contributed by atoms with Gasteiger partial charge in [0.05, 0.1) is 5.69 Å². The smallest absolute Gasteiger partial charge is 0.269 e. The van der Waals surface area contributed by atoms with Crippen molar-refractivity contribution in [3.8, 4) is 0 Å². The van der Waals surface area contributed by atoms with Crippen LogP contribution in [-0.2, 0) is 6.54 Å². The average Bonchev–Trinajstić information content (AvgIpc) is 3.25. The highest BCUT2D eigenvalue weighted by Gasteiger charge is 2.32. The van der Waals surface area contributed by atoms with Gasteiger partial charge in [-0.25, -0.2) is 4.39 Å². The lowest BCUT2D eigenvalue weighted by Gasteiger charge is -2.38. The molecule has 0 radical (unpaired) electrons. The number of hydrogen-bond donors (Lipinski definition) is 2. The van der Waals surface area contributed by atoms with Crippen LogP contribution >= 0.6 is 23.1 Å². The molecule has 4 rings (SSSR count). The Labute approximate surface area is 206 Å². The summed E-state index contributed by atoms with van der Waals surface area (Å²) in [6, 6.07) is 10.4. The third-order valence-electron chi connectivity index (χ3n) is 6.02. The minimum Gasteiger partial charge on any atom is -0.330 e. The van der Waals surface area contributed by atoms with Crippen LogP contribution in [0.15, 0.2) is 42.5 Å². The molecule has 0 spiro atoms. The molecule has 10 heteroatoms. The van der Waals surface area contributed by atoms with Gasteiger partial charge in [-0.1, -0.05) is 35.0 Å². The maximum atomic E-state index is 13.9. The first-order valence-electron chi connectivity index (χ1n) is 11.0. The first kappa shape index (κ1) is 24.3. The van der Waals surface area contributed by atoms with Crippen LogP contribution in [0.2, 0.25) is 5.02 Å². The second-order valence-electron chi connectivity index (χ2n) is 8.41. The molecule has 0 bridgehead atoms. The summed E-state index contributed by atoms with van der Waals surface area (Å²) in [4.78, 5) is 28.2. The number of rotatable bonds is 6. The van der Waals surface area contributed by atoms with Crippen LogP contribution < -0.4 is 11.1 Å². The van der Waals surface area contributed by atoms with Crippen LogP contribution in [0.1, 0.15) is 57.0 Å². The van der Waals surface area contributed by atoms with Gasteiger partial charge in [-0.15, -0.1) is 5.10 Å². The quantitative estimate of drug-likeness (QED) is 0.505. The average molecular weight is 502 g/mol. The molecule has 0 saturated heterocycles. The number of halogens is 2. The minimum atomic E-state index is -0.477. The fourth-order valence-electron chi connectivity index (χ4n) is 4.24. The van der Waals surface area contributed by atoms with E-state index in [1.165, 1.54) is 18.2 Å².